The van der Waals surface area contributed by atoms with E-state index >= 15 is 0 Å². The second-order valence-electron chi connectivity index (χ2n) is 1.32. The van der Waals surface area contributed by atoms with Gasteiger partial charge in [0.25, 0.3) is 0 Å². The van der Waals surface area contributed by atoms with Gasteiger partial charge in [-0.15, -0.1) is 0 Å². The summed E-state index contributed by atoms with van der Waals surface area (Å²) in [5.41, 5.74) is 2.73. The zero-order valence-electron chi connectivity index (χ0n) is 3.61. The summed E-state index contributed by atoms with van der Waals surface area (Å²) in [6.45, 7) is 0.997. The lowest BCUT2D eigenvalue weighted by molar-refractivity contribution is 0.190. The largest absolute Gasteiger partial charge is 0.369 e. The van der Waals surface area contributed by atoms with Gasteiger partial charge in [-0.1, -0.05) is 0 Å². The minimum absolute atomic E-state index is 0.997. The molecule has 1 saturated heterocycles. The zero-order valence-corrected chi connectivity index (χ0v) is 3.61. The molecule has 0 atom stereocenters. The summed E-state index contributed by atoms with van der Waals surface area (Å²) in [5.74, 6) is 0. The summed E-state index contributed by atoms with van der Waals surface area (Å²) in [5, 5.41) is 0. The fourth-order valence-corrected chi connectivity index (χ4v) is 0.434. The van der Waals surface area contributed by atoms with Gasteiger partial charge in [0.2, 0.25) is 0 Å². The number of hydroxylamine groups is 1. The van der Waals surface area contributed by atoms with E-state index in [2.05, 4.69) is 5.48 Å². The van der Waals surface area contributed by atoms with Crippen LogP contribution in [0.15, 0.2) is 0 Å². The quantitative estimate of drug-likeness (QED) is 0.415. The molecule has 2 nitrogen and oxygen atoms in total. The molecule has 1 radical (unpaired) electrons. The first-order chi connectivity index (χ1) is 3.00. The Hall–Kier alpha value is -0.0151. The molecule has 0 saturated carbocycles. The van der Waals surface area contributed by atoms with Crippen LogP contribution >= 0.6 is 0 Å². The van der Waals surface area contributed by atoms with Crippen LogP contribution in [0.5, 0.6) is 0 Å². The molecule has 6 heavy (non-hydrogen) atoms. The first-order valence-corrected chi connectivity index (χ1v) is 2.20. The van der Waals surface area contributed by atoms with E-state index in [-0.39, 0.29) is 0 Å². The molecule has 1 aliphatic rings. The fourth-order valence-electron chi connectivity index (χ4n) is 0.434. The minimum Gasteiger partial charge on any atom is -0.369 e. The molecule has 0 aliphatic carbocycles. The molecule has 0 spiro atoms. The van der Waals surface area contributed by atoms with E-state index in [1.54, 1.807) is 7.48 Å². The highest BCUT2D eigenvalue weighted by molar-refractivity contribution is 6.27. The summed E-state index contributed by atoms with van der Waals surface area (Å²) in [6, 6.07) is 0. The topological polar surface area (TPSA) is 21.3 Å². The van der Waals surface area contributed by atoms with Crippen LogP contribution in [0.25, 0.3) is 0 Å². The Balaban J connectivity index is 2.00. The Morgan fingerprint density at radius 1 is 1.67 bits per heavy atom. The van der Waals surface area contributed by atoms with Gasteiger partial charge in [-0.25, -0.2) is 5.48 Å². The van der Waals surface area contributed by atoms with Gasteiger partial charge in [0.05, 0.1) is 0 Å². The summed E-state index contributed by atoms with van der Waals surface area (Å²) < 4.78 is 4.69. The third-order valence-corrected chi connectivity index (χ3v) is 0.767. The summed E-state index contributed by atoms with van der Waals surface area (Å²) in [6.07, 6.45) is 2.30. The molecular weight excluding hydrogens is 76.9 g/mol. The normalized spacial score (nSPS) is 22.7. The Kier molecular flexibility index (Phi) is 1.53. The van der Waals surface area contributed by atoms with Crippen molar-refractivity contribution in [3.8, 4) is 0 Å². The second kappa shape index (κ2) is 2.21. The van der Waals surface area contributed by atoms with E-state index in [0.717, 1.165) is 12.9 Å². The highest BCUT2D eigenvalue weighted by Gasteiger charge is 1.97. The molecule has 1 rings (SSSR count). The third-order valence-electron chi connectivity index (χ3n) is 0.767. The maximum Gasteiger partial charge on any atom is 0.324 e. The predicted molar refractivity (Wildman–Crippen MR) is 24.3 cm³/mol. The van der Waals surface area contributed by atoms with Crippen molar-refractivity contribution in [3.63, 3.8) is 0 Å². The highest BCUT2D eigenvalue weighted by Crippen LogP contribution is 1.90. The van der Waals surface area contributed by atoms with Crippen molar-refractivity contribution in [2.75, 3.05) is 6.54 Å². The summed E-state index contributed by atoms with van der Waals surface area (Å²) in [4.78, 5) is 0. The standard InChI is InChI=1S/C3H7BNO/c1-2-4-6-5-3-1/h5H,1-3H2. The van der Waals surface area contributed by atoms with Crippen molar-refractivity contribution >= 4 is 7.48 Å². The number of nitrogens with one attached hydrogen (secondary N) is 1. The smallest absolute Gasteiger partial charge is 0.324 e. The number of rotatable bonds is 0. The van der Waals surface area contributed by atoms with Gasteiger partial charge in [-0.2, -0.15) is 0 Å². The first kappa shape index (κ1) is 4.15. The molecule has 0 bridgehead atoms. The average molecular weight is 83.9 g/mol. The van der Waals surface area contributed by atoms with Gasteiger partial charge in [0, 0.05) is 6.54 Å². The predicted octanol–water partition coefficient (Wildman–Crippen LogP) is -0.0512. The SMILES string of the molecule is [B]1CCCNO1. The maximum absolute atomic E-state index is 4.69. The average Bonchev–Trinajstić information content (AvgIpc) is 1.72. The van der Waals surface area contributed by atoms with Crippen molar-refractivity contribution in [1.29, 1.82) is 0 Å². The Morgan fingerprint density at radius 2 is 2.67 bits per heavy atom. The monoisotopic (exact) mass is 84.1 g/mol. The molecule has 33 valence electrons. The molecule has 0 unspecified atom stereocenters. The van der Waals surface area contributed by atoms with Gasteiger partial charge in [0.1, 0.15) is 0 Å². The van der Waals surface area contributed by atoms with Crippen molar-refractivity contribution in [1.82, 2.24) is 5.48 Å². The van der Waals surface area contributed by atoms with E-state index in [4.69, 9.17) is 4.76 Å². The molecule has 1 N–H and O–H groups in total. The lowest BCUT2D eigenvalue weighted by atomic mass is 9.92. The van der Waals surface area contributed by atoms with Crippen LogP contribution in [0, 0.1) is 0 Å². The molecule has 0 aromatic rings. The van der Waals surface area contributed by atoms with Crippen LogP contribution in [0.4, 0.5) is 0 Å². The van der Waals surface area contributed by atoms with Crippen LogP contribution in [0.2, 0.25) is 6.32 Å². The molecule has 1 fully saturated rings. The first-order valence-electron chi connectivity index (χ1n) is 2.20. The lowest BCUT2D eigenvalue weighted by Crippen LogP contribution is -2.23. The van der Waals surface area contributed by atoms with Gasteiger partial charge in [0.15, 0.2) is 0 Å². The molecule has 0 aromatic heterocycles. The lowest BCUT2D eigenvalue weighted by Gasteiger charge is -2.08. The number of hydrogen-bond acceptors (Lipinski definition) is 2. The molecule has 1 heterocycles. The van der Waals surface area contributed by atoms with Crippen LogP contribution in [-0.2, 0) is 4.76 Å². The molecule has 3 heteroatoms. The Bertz CT molecular complexity index is 26.3. The molecule has 1 aliphatic heterocycles. The second-order valence-corrected chi connectivity index (χ2v) is 1.32. The van der Waals surface area contributed by atoms with E-state index in [0.29, 0.717) is 0 Å². The molecule has 0 amide bonds. The third kappa shape index (κ3) is 0.991. The Morgan fingerprint density at radius 3 is 2.83 bits per heavy atom. The summed E-state index contributed by atoms with van der Waals surface area (Å²) >= 11 is 0. The van der Waals surface area contributed by atoms with Crippen LogP contribution in [0.3, 0.4) is 0 Å². The minimum atomic E-state index is 0.997. The van der Waals surface area contributed by atoms with Crippen LogP contribution in [0.1, 0.15) is 6.42 Å². The van der Waals surface area contributed by atoms with Crippen molar-refractivity contribution in [2.24, 2.45) is 0 Å². The van der Waals surface area contributed by atoms with Gasteiger partial charge >= 0.3 is 7.48 Å². The van der Waals surface area contributed by atoms with Crippen molar-refractivity contribution in [3.05, 3.63) is 0 Å². The van der Waals surface area contributed by atoms with E-state index in [1.807, 2.05) is 0 Å². The van der Waals surface area contributed by atoms with E-state index in [1.165, 1.54) is 6.42 Å². The highest BCUT2D eigenvalue weighted by atomic mass is 16.6. The van der Waals surface area contributed by atoms with Crippen molar-refractivity contribution < 1.29 is 4.76 Å². The van der Waals surface area contributed by atoms with Gasteiger partial charge in [-0.3, -0.25) is 0 Å². The molecular formula is C3H7BNO. The van der Waals surface area contributed by atoms with Crippen LogP contribution < -0.4 is 5.48 Å². The Labute approximate surface area is 38.1 Å². The maximum atomic E-state index is 4.69. The van der Waals surface area contributed by atoms with Gasteiger partial charge in [-0.05, 0) is 12.7 Å². The van der Waals surface area contributed by atoms with E-state index < -0.39 is 0 Å². The fraction of sp³-hybridized carbons (Fsp3) is 1.00. The summed E-state index contributed by atoms with van der Waals surface area (Å²) in [7, 11) is 1.78. The van der Waals surface area contributed by atoms with Gasteiger partial charge < -0.3 is 4.76 Å². The number of hydrogen-bond donors (Lipinski definition) is 1. The van der Waals surface area contributed by atoms with Crippen molar-refractivity contribution in [2.45, 2.75) is 12.7 Å². The zero-order chi connectivity index (χ0) is 4.24. The van der Waals surface area contributed by atoms with E-state index in [9.17, 15) is 0 Å². The van der Waals surface area contributed by atoms with Crippen LogP contribution in [-0.4, -0.2) is 14.0 Å². The molecule has 0 aromatic carbocycles.